The lowest BCUT2D eigenvalue weighted by Crippen LogP contribution is -2.33. The van der Waals surface area contributed by atoms with Gasteiger partial charge in [0.25, 0.3) is 0 Å². The maximum absolute atomic E-state index is 4.17. The van der Waals surface area contributed by atoms with Crippen LogP contribution in [0.4, 0.5) is 0 Å². The fraction of sp³-hybridized carbons (Fsp3) is 0.438. The summed E-state index contributed by atoms with van der Waals surface area (Å²) in [4.78, 5) is 4.17. The summed E-state index contributed by atoms with van der Waals surface area (Å²) in [6.45, 7) is 3.10. The van der Waals surface area contributed by atoms with Gasteiger partial charge in [-0.25, -0.2) is 4.98 Å². The highest BCUT2D eigenvalue weighted by atomic mass is 15.1. The molecule has 0 saturated heterocycles. The molecule has 0 radical (unpaired) electrons. The summed E-state index contributed by atoms with van der Waals surface area (Å²) < 4.78 is 2.25. The zero-order valence-corrected chi connectivity index (χ0v) is 11.4. The normalized spacial score (nSPS) is 22.8. The Kier molecular flexibility index (Phi) is 3.65. The molecular formula is C16H21N3. The molecule has 0 bridgehead atoms. The Morgan fingerprint density at radius 2 is 2.32 bits per heavy atom. The summed E-state index contributed by atoms with van der Waals surface area (Å²) in [6, 6.07) is 9.86. The molecule has 2 aromatic rings. The van der Waals surface area contributed by atoms with E-state index in [2.05, 4.69) is 52.3 Å². The van der Waals surface area contributed by atoms with Crippen LogP contribution in [0.5, 0.6) is 0 Å². The fourth-order valence-corrected chi connectivity index (χ4v) is 3.07. The third kappa shape index (κ3) is 2.87. The SMILES string of the molecule is Cc1cccc(CNC2CCCC2n2ccnc2)c1. The molecule has 1 saturated carbocycles. The first kappa shape index (κ1) is 12.4. The molecule has 1 aromatic carbocycles. The third-order valence-corrected chi connectivity index (χ3v) is 4.04. The lowest BCUT2D eigenvalue weighted by Gasteiger charge is -2.22. The number of aryl methyl sites for hydroxylation is 1. The lowest BCUT2D eigenvalue weighted by atomic mass is 10.1. The van der Waals surface area contributed by atoms with Gasteiger partial charge in [0.1, 0.15) is 0 Å². The molecule has 3 rings (SSSR count). The highest BCUT2D eigenvalue weighted by molar-refractivity contribution is 5.22. The summed E-state index contributed by atoms with van der Waals surface area (Å²) in [6.07, 6.45) is 9.70. The van der Waals surface area contributed by atoms with Gasteiger partial charge in [-0.2, -0.15) is 0 Å². The van der Waals surface area contributed by atoms with Gasteiger partial charge in [-0.1, -0.05) is 29.8 Å². The van der Waals surface area contributed by atoms with Crippen LogP contribution in [-0.4, -0.2) is 15.6 Å². The van der Waals surface area contributed by atoms with E-state index in [1.54, 1.807) is 0 Å². The second kappa shape index (κ2) is 5.57. The molecule has 3 heteroatoms. The summed E-state index contributed by atoms with van der Waals surface area (Å²) in [7, 11) is 0. The summed E-state index contributed by atoms with van der Waals surface area (Å²) in [5.74, 6) is 0. The molecule has 0 spiro atoms. The first-order chi connectivity index (χ1) is 9.33. The van der Waals surface area contributed by atoms with Gasteiger partial charge in [0.15, 0.2) is 0 Å². The van der Waals surface area contributed by atoms with E-state index in [1.807, 2.05) is 12.5 Å². The molecule has 2 unspecified atom stereocenters. The van der Waals surface area contributed by atoms with E-state index in [9.17, 15) is 0 Å². The highest BCUT2D eigenvalue weighted by Crippen LogP contribution is 2.30. The van der Waals surface area contributed by atoms with Crippen molar-refractivity contribution in [2.45, 2.75) is 44.8 Å². The van der Waals surface area contributed by atoms with Gasteiger partial charge in [-0.3, -0.25) is 0 Å². The Labute approximate surface area is 114 Å². The molecule has 0 aliphatic heterocycles. The van der Waals surface area contributed by atoms with E-state index >= 15 is 0 Å². The van der Waals surface area contributed by atoms with Crippen LogP contribution in [0.25, 0.3) is 0 Å². The zero-order chi connectivity index (χ0) is 13.1. The first-order valence-electron chi connectivity index (χ1n) is 7.09. The number of nitrogens with zero attached hydrogens (tertiary/aromatic N) is 2. The molecule has 2 atom stereocenters. The minimum absolute atomic E-state index is 0.562. The van der Waals surface area contributed by atoms with Crippen molar-refractivity contribution in [3.8, 4) is 0 Å². The molecule has 3 nitrogen and oxygen atoms in total. The van der Waals surface area contributed by atoms with Crippen LogP contribution in [0.2, 0.25) is 0 Å². The smallest absolute Gasteiger partial charge is 0.0949 e. The van der Waals surface area contributed by atoms with Crippen LogP contribution in [0.15, 0.2) is 43.0 Å². The van der Waals surface area contributed by atoms with Gasteiger partial charge in [0.05, 0.1) is 6.33 Å². The molecule has 1 aliphatic rings. The minimum atomic E-state index is 0.562. The Hall–Kier alpha value is -1.61. The van der Waals surface area contributed by atoms with Crippen molar-refractivity contribution >= 4 is 0 Å². The van der Waals surface area contributed by atoms with Crippen LogP contribution in [0.3, 0.4) is 0 Å². The lowest BCUT2D eigenvalue weighted by molar-refractivity contribution is 0.390. The number of imidazole rings is 1. The average molecular weight is 255 g/mol. The summed E-state index contributed by atoms with van der Waals surface area (Å²) in [5, 5.41) is 3.71. The zero-order valence-electron chi connectivity index (χ0n) is 11.4. The van der Waals surface area contributed by atoms with Crippen LogP contribution in [0, 0.1) is 6.92 Å². The molecule has 19 heavy (non-hydrogen) atoms. The van der Waals surface area contributed by atoms with E-state index in [0.717, 1.165) is 6.54 Å². The number of rotatable bonds is 4. The molecule has 1 fully saturated rings. The van der Waals surface area contributed by atoms with Gasteiger partial charge in [-0.05, 0) is 31.7 Å². The standard InChI is InChI=1S/C16H21N3/c1-13-4-2-5-14(10-13)11-18-15-6-3-7-16(15)19-9-8-17-12-19/h2,4-5,8-10,12,15-16,18H,3,6-7,11H2,1H3. The average Bonchev–Trinajstić information content (AvgIpc) is 3.07. The number of hydrogen-bond acceptors (Lipinski definition) is 2. The van der Waals surface area contributed by atoms with E-state index in [-0.39, 0.29) is 0 Å². The Morgan fingerprint density at radius 3 is 3.11 bits per heavy atom. The third-order valence-electron chi connectivity index (χ3n) is 4.04. The second-order valence-corrected chi connectivity index (χ2v) is 5.48. The van der Waals surface area contributed by atoms with E-state index < -0.39 is 0 Å². The van der Waals surface area contributed by atoms with Crippen LogP contribution >= 0.6 is 0 Å². The van der Waals surface area contributed by atoms with Crippen LogP contribution in [0.1, 0.15) is 36.4 Å². The maximum Gasteiger partial charge on any atom is 0.0949 e. The van der Waals surface area contributed by atoms with E-state index in [4.69, 9.17) is 0 Å². The number of nitrogens with one attached hydrogen (secondary N) is 1. The van der Waals surface area contributed by atoms with Crippen molar-refractivity contribution in [2.75, 3.05) is 0 Å². The van der Waals surface area contributed by atoms with Gasteiger partial charge in [0, 0.05) is 31.0 Å². The van der Waals surface area contributed by atoms with E-state index in [1.165, 1.54) is 30.4 Å². The number of aromatic nitrogens is 2. The van der Waals surface area contributed by atoms with Crippen molar-refractivity contribution in [2.24, 2.45) is 0 Å². The van der Waals surface area contributed by atoms with Crippen molar-refractivity contribution in [1.82, 2.24) is 14.9 Å². The van der Waals surface area contributed by atoms with Crippen LogP contribution < -0.4 is 5.32 Å². The maximum atomic E-state index is 4.17. The molecular weight excluding hydrogens is 234 g/mol. The Balaban J connectivity index is 1.63. The Bertz CT molecular complexity index is 519. The van der Waals surface area contributed by atoms with E-state index in [0.29, 0.717) is 12.1 Å². The van der Waals surface area contributed by atoms with Gasteiger partial charge in [0.2, 0.25) is 0 Å². The quantitative estimate of drug-likeness (QED) is 0.910. The van der Waals surface area contributed by atoms with Crippen molar-refractivity contribution in [1.29, 1.82) is 0 Å². The minimum Gasteiger partial charge on any atom is -0.333 e. The number of benzene rings is 1. The molecule has 0 amide bonds. The van der Waals surface area contributed by atoms with Crippen molar-refractivity contribution < 1.29 is 0 Å². The summed E-state index contributed by atoms with van der Waals surface area (Å²) in [5.41, 5.74) is 2.70. The molecule has 100 valence electrons. The summed E-state index contributed by atoms with van der Waals surface area (Å²) >= 11 is 0. The van der Waals surface area contributed by atoms with Gasteiger partial charge >= 0.3 is 0 Å². The van der Waals surface area contributed by atoms with Crippen LogP contribution in [-0.2, 0) is 6.54 Å². The first-order valence-corrected chi connectivity index (χ1v) is 7.09. The monoisotopic (exact) mass is 255 g/mol. The fourth-order valence-electron chi connectivity index (χ4n) is 3.07. The predicted molar refractivity (Wildman–Crippen MR) is 76.9 cm³/mol. The second-order valence-electron chi connectivity index (χ2n) is 5.48. The Morgan fingerprint density at radius 1 is 1.37 bits per heavy atom. The van der Waals surface area contributed by atoms with Gasteiger partial charge < -0.3 is 9.88 Å². The highest BCUT2D eigenvalue weighted by Gasteiger charge is 2.27. The molecule has 1 heterocycles. The topological polar surface area (TPSA) is 29.9 Å². The molecule has 1 aliphatic carbocycles. The molecule has 1 aromatic heterocycles. The predicted octanol–water partition coefficient (Wildman–Crippen LogP) is 3.07. The molecule has 1 N–H and O–H groups in total. The van der Waals surface area contributed by atoms with Crippen molar-refractivity contribution in [3.05, 3.63) is 54.1 Å². The van der Waals surface area contributed by atoms with Gasteiger partial charge in [-0.15, -0.1) is 0 Å². The largest absolute Gasteiger partial charge is 0.333 e. The van der Waals surface area contributed by atoms with Crippen molar-refractivity contribution in [3.63, 3.8) is 0 Å². The number of hydrogen-bond donors (Lipinski definition) is 1.